The fourth-order valence-corrected chi connectivity index (χ4v) is 1.21. The summed E-state index contributed by atoms with van der Waals surface area (Å²) in [7, 11) is 0. The molecule has 72 valence electrons. The first kappa shape index (κ1) is 11.7. The van der Waals surface area contributed by atoms with Gasteiger partial charge in [-0.05, 0) is 12.3 Å². The van der Waals surface area contributed by atoms with Crippen molar-refractivity contribution in [3.63, 3.8) is 0 Å². The summed E-state index contributed by atoms with van der Waals surface area (Å²) in [5.41, 5.74) is 0. The molecule has 0 aliphatic rings. The van der Waals surface area contributed by atoms with Crippen LogP contribution < -0.4 is 0 Å². The Morgan fingerprint density at radius 1 is 1.25 bits per heavy atom. The Balaban J connectivity index is 3.33. The van der Waals surface area contributed by atoms with E-state index in [2.05, 4.69) is 20.8 Å². The molecule has 0 aliphatic heterocycles. The van der Waals surface area contributed by atoms with Crippen molar-refractivity contribution in [1.29, 1.82) is 0 Å². The largest absolute Gasteiger partial charge is 0.300 e. The van der Waals surface area contributed by atoms with Crippen LogP contribution in [0.15, 0.2) is 0 Å². The molecule has 0 aromatic rings. The lowest BCUT2D eigenvalue weighted by Crippen LogP contribution is -2.04. The third-order valence-electron chi connectivity index (χ3n) is 2.33. The summed E-state index contributed by atoms with van der Waals surface area (Å²) >= 11 is 0. The normalized spacial score (nSPS) is 12.9. The highest BCUT2D eigenvalue weighted by Crippen LogP contribution is 2.10. The standard InChI is InChI=1S/C11H22O/c1-4-6-7-8-11(12)9-10(3)5-2/h10H,4-9H2,1-3H3. The molecule has 1 nitrogen and oxygen atoms in total. The van der Waals surface area contributed by atoms with E-state index in [1.807, 2.05) is 0 Å². The topological polar surface area (TPSA) is 17.1 Å². The van der Waals surface area contributed by atoms with Gasteiger partial charge in [-0.1, -0.05) is 40.0 Å². The van der Waals surface area contributed by atoms with Gasteiger partial charge in [0.1, 0.15) is 5.78 Å². The van der Waals surface area contributed by atoms with Crippen LogP contribution >= 0.6 is 0 Å². The Hall–Kier alpha value is -0.330. The molecule has 0 spiro atoms. The van der Waals surface area contributed by atoms with Gasteiger partial charge in [-0.2, -0.15) is 0 Å². The first-order valence-electron chi connectivity index (χ1n) is 5.22. The lowest BCUT2D eigenvalue weighted by molar-refractivity contribution is -0.120. The van der Waals surface area contributed by atoms with E-state index in [0.717, 1.165) is 25.7 Å². The number of hydrogen-bond donors (Lipinski definition) is 0. The van der Waals surface area contributed by atoms with Crippen LogP contribution in [0.3, 0.4) is 0 Å². The average Bonchev–Trinajstić information content (AvgIpc) is 2.05. The van der Waals surface area contributed by atoms with Crippen molar-refractivity contribution < 1.29 is 4.79 Å². The van der Waals surface area contributed by atoms with Gasteiger partial charge in [-0.15, -0.1) is 0 Å². The van der Waals surface area contributed by atoms with Gasteiger partial charge in [0.15, 0.2) is 0 Å². The minimum Gasteiger partial charge on any atom is -0.300 e. The van der Waals surface area contributed by atoms with E-state index in [0.29, 0.717) is 11.7 Å². The smallest absolute Gasteiger partial charge is 0.133 e. The first-order chi connectivity index (χ1) is 5.70. The van der Waals surface area contributed by atoms with Crippen LogP contribution in [0.1, 0.15) is 59.3 Å². The van der Waals surface area contributed by atoms with Gasteiger partial charge in [-0.3, -0.25) is 4.79 Å². The van der Waals surface area contributed by atoms with Crippen LogP contribution in [0.25, 0.3) is 0 Å². The number of hydrogen-bond acceptors (Lipinski definition) is 1. The molecule has 1 unspecified atom stereocenters. The van der Waals surface area contributed by atoms with Crippen LogP contribution in [-0.4, -0.2) is 5.78 Å². The molecule has 0 aromatic heterocycles. The van der Waals surface area contributed by atoms with Crippen molar-refractivity contribution in [3.8, 4) is 0 Å². The van der Waals surface area contributed by atoms with Crippen LogP contribution in [0.5, 0.6) is 0 Å². The Morgan fingerprint density at radius 2 is 1.92 bits per heavy atom. The maximum absolute atomic E-state index is 11.3. The van der Waals surface area contributed by atoms with E-state index in [1.165, 1.54) is 12.8 Å². The summed E-state index contributed by atoms with van der Waals surface area (Å²) in [6, 6.07) is 0. The van der Waals surface area contributed by atoms with Gasteiger partial charge in [-0.25, -0.2) is 0 Å². The van der Waals surface area contributed by atoms with Crippen molar-refractivity contribution in [2.75, 3.05) is 0 Å². The Bertz CT molecular complexity index is 118. The molecule has 0 rings (SSSR count). The first-order valence-corrected chi connectivity index (χ1v) is 5.22. The molecule has 0 saturated heterocycles. The van der Waals surface area contributed by atoms with Crippen molar-refractivity contribution in [2.24, 2.45) is 5.92 Å². The Morgan fingerprint density at radius 3 is 2.42 bits per heavy atom. The van der Waals surface area contributed by atoms with Gasteiger partial charge in [0.25, 0.3) is 0 Å². The van der Waals surface area contributed by atoms with Crippen LogP contribution in [0.2, 0.25) is 0 Å². The zero-order valence-corrected chi connectivity index (χ0v) is 8.73. The van der Waals surface area contributed by atoms with Crippen molar-refractivity contribution in [1.82, 2.24) is 0 Å². The summed E-state index contributed by atoms with van der Waals surface area (Å²) in [4.78, 5) is 11.3. The van der Waals surface area contributed by atoms with Crippen molar-refractivity contribution >= 4 is 5.78 Å². The van der Waals surface area contributed by atoms with Gasteiger partial charge < -0.3 is 0 Å². The highest BCUT2D eigenvalue weighted by atomic mass is 16.1. The monoisotopic (exact) mass is 170 g/mol. The van der Waals surface area contributed by atoms with E-state index in [1.54, 1.807) is 0 Å². The fourth-order valence-electron chi connectivity index (χ4n) is 1.21. The minimum atomic E-state index is 0.456. The summed E-state index contributed by atoms with van der Waals surface area (Å²) in [5, 5.41) is 0. The molecule has 0 aliphatic carbocycles. The molecule has 12 heavy (non-hydrogen) atoms. The molecule has 0 N–H and O–H groups in total. The summed E-state index contributed by atoms with van der Waals surface area (Å²) in [6.45, 7) is 6.46. The minimum absolute atomic E-state index is 0.456. The van der Waals surface area contributed by atoms with E-state index in [-0.39, 0.29) is 0 Å². The van der Waals surface area contributed by atoms with Gasteiger partial charge in [0.05, 0.1) is 0 Å². The quantitative estimate of drug-likeness (QED) is 0.534. The van der Waals surface area contributed by atoms with E-state index in [4.69, 9.17) is 0 Å². The van der Waals surface area contributed by atoms with Crippen LogP contribution in [-0.2, 0) is 4.79 Å². The number of Topliss-reactive ketones (excluding diaryl/α,β-unsaturated/α-hetero) is 1. The number of unbranched alkanes of at least 4 members (excludes halogenated alkanes) is 2. The van der Waals surface area contributed by atoms with E-state index < -0.39 is 0 Å². The number of carbonyl (C=O) groups is 1. The molecule has 1 atom stereocenters. The summed E-state index contributed by atoms with van der Waals surface area (Å²) in [6.07, 6.45) is 6.21. The van der Waals surface area contributed by atoms with Gasteiger partial charge >= 0.3 is 0 Å². The summed E-state index contributed by atoms with van der Waals surface area (Å²) < 4.78 is 0. The highest BCUT2D eigenvalue weighted by Gasteiger charge is 2.06. The summed E-state index contributed by atoms with van der Waals surface area (Å²) in [5.74, 6) is 1.04. The van der Waals surface area contributed by atoms with Crippen LogP contribution in [0.4, 0.5) is 0 Å². The predicted octanol–water partition coefficient (Wildman–Crippen LogP) is 3.57. The lowest BCUT2D eigenvalue weighted by Gasteiger charge is -2.06. The maximum atomic E-state index is 11.3. The second-order valence-electron chi connectivity index (χ2n) is 3.71. The van der Waals surface area contributed by atoms with Crippen LogP contribution in [0, 0.1) is 5.92 Å². The second-order valence-corrected chi connectivity index (χ2v) is 3.71. The van der Waals surface area contributed by atoms with E-state index in [9.17, 15) is 4.79 Å². The molecule has 0 saturated carbocycles. The van der Waals surface area contributed by atoms with Crippen molar-refractivity contribution in [2.45, 2.75) is 59.3 Å². The molecular formula is C11H22O. The third kappa shape index (κ3) is 6.38. The maximum Gasteiger partial charge on any atom is 0.133 e. The highest BCUT2D eigenvalue weighted by molar-refractivity contribution is 5.78. The molecule has 1 heteroatoms. The Labute approximate surface area is 76.6 Å². The molecule has 0 aromatic carbocycles. The molecule has 0 bridgehead atoms. The van der Waals surface area contributed by atoms with Gasteiger partial charge in [0.2, 0.25) is 0 Å². The fraction of sp³-hybridized carbons (Fsp3) is 0.909. The zero-order chi connectivity index (χ0) is 9.40. The second kappa shape index (κ2) is 7.33. The average molecular weight is 170 g/mol. The predicted molar refractivity (Wildman–Crippen MR) is 53.2 cm³/mol. The number of carbonyl (C=O) groups excluding carboxylic acids is 1. The third-order valence-corrected chi connectivity index (χ3v) is 2.33. The SMILES string of the molecule is CCCCCC(=O)CC(C)CC. The Kier molecular flexibility index (Phi) is 7.12. The zero-order valence-electron chi connectivity index (χ0n) is 8.73. The molecule has 0 radical (unpaired) electrons. The molecular weight excluding hydrogens is 148 g/mol. The molecule has 0 heterocycles. The number of rotatable bonds is 7. The van der Waals surface area contributed by atoms with Crippen molar-refractivity contribution in [3.05, 3.63) is 0 Å². The molecule has 0 fully saturated rings. The lowest BCUT2D eigenvalue weighted by atomic mass is 9.99. The molecule has 0 amide bonds. The van der Waals surface area contributed by atoms with E-state index >= 15 is 0 Å². The number of ketones is 1. The van der Waals surface area contributed by atoms with Gasteiger partial charge in [0, 0.05) is 12.8 Å².